The third-order valence-corrected chi connectivity index (χ3v) is 3.83. The zero-order valence-electron chi connectivity index (χ0n) is 7.86. The highest BCUT2D eigenvalue weighted by atomic mass is 32.2. The fourth-order valence-corrected chi connectivity index (χ4v) is 2.84. The van der Waals surface area contributed by atoms with Crippen LogP contribution in [0.2, 0.25) is 0 Å². The lowest BCUT2D eigenvalue weighted by molar-refractivity contribution is 0.412. The van der Waals surface area contributed by atoms with Gasteiger partial charge in [-0.1, -0.05) is 0 Å². The van der Waals surface area contributed by atoms with E-state index in [9.17, 15) is 8.42 Å². The molecule has 2 rings (SSSR count). The fourth-order valence-electron chi connectivity index (χ4n) is 1.48. The largest absolute Gasteiger partial charge is 0.447 e. The minimum absolute atomic E-state index is 0.0763. The van der Waals surface area contributed by atoms with Gasteiger partial charge in [-0.15, -0.1) is 0 Å². The molecule has 1 atom stereocenters. The lowest BCUT2D eigenvalue weighted by Gasteiger charge is -2.20. The van der Waals surface area contributed by atoms with E-state index in [0.29, 0.717) is 12.4 Å². The van der Waals surface area contributed by atoms with E-state index in [4.69, 9.17) is 4.42 Å². The van der Waals surface area contributed by atoms with Crippen LogP contribution in [0.3, 0.4) is 0 Å². The zero-order valence-corrected chi connectivity index (χ0v) is 8.67. The first-order chi connectivity index (χ1) is 6.57. The molecule has 0 saturated carbocycles. The maximum absolute atomic E-state index is 11.3. The lowest BCUT2D eigenvalue weighted by atomic mass is 10.3. The van der Waals surface area contributed by atoms with Gasteiger partial charge in [-0.3, -0.25) is 0 Å². The Morgan fingerprint density at radius 2 is 2.43 bits per heavy atom. The van der Waals surface area contributed by atoms with E-state index >= 15 is 0 Å². The van der Waals surface area contributed by atoms with Crippen LogP contribution in [0.4, 0.5) is 0 Å². The molecule has 0 aliphatic carbocycles. The molecule has 1 aliphatic heterocycles. The molecule has 78 valence electrons. The normalized spacial score (nSPS) is 26.2. The van der Waals surface area contributed by atoms with Crippen LogP contribution in [0.1, 0.15) is 17.6 Å². The van der Waals surface area contributed by atoms with Gasteiger partial charge in [-0.05, 0) is 6.92 Å². The SMILES string of the molecule is Cc1coc(C2CS(=O)(=O)CCN2)n1. The molecule has 1 aliphatic rings. The Bertz CT molecular complexity index is 424. The van der Waals surface area contributed by atoms with Crippen molar-refractivity contribution in [1.82, 2.24) is 10.3 Å². The van der Waals surface area contributed by atoms with E-state index in [2.05, 4.69) is 10.3 Å². The van der Waals surface area contributed by atoms with Crippen LogP contribution in [-0.2, 0) is 9.84 Å². The van der Waals surface area contributed by atoms with Crippen molar-refractivity contribution < 1.29 is 12.8 Å². The second kappa shape index (κ2) is 3.36. The summed E-state index contributed by atoms with van der Waals surface area (Å²) in [5.74, 6) is 0.738. The van der Waals surface area contributed by atoms with E-state index in [-0.39, 0.29) is 17.5 Å². The Balaban J connectivity index is 2.20. The van der Waals surface area contributed by atoms with Crippen LogP contribution in [0.25, 0.3) is 0 Å². The highest BCUT2D eigenvalue weighted by molar-refractivity contribution is 7.91. The van der Waals surface area contributed by atoms with Gasteiger partial charge in [-0.2, -0.15) is 0 Å². The Kier molecular flexibility index (Phi) is 2.32. The van der Waals surface area contributed by atoms with Crippen LogP contribution in [0.15, 0.2) is 10.7 Å². The first kappa shape index (κ1) is 9.67. The summed E-state index contributed by atoms with van der Waals surface area (Å²) in [4.78, 5) is 4.11. The Morgan fingerprint density at radius 3 is 3.00 bits per heavy atom. The number of aromatic nitrogens is 1. The number of sulfone groups is 1. The van der Waals surface area contributed by atoms with Gasteiger partial charge in [0.15, 0.2) is 9.84 Å². The summed E-state index contributed by atoms with van der Waals surface area (Å²) in [6.45, 7) is 2.28. The molecule has 0 radical (unpaired) electrons. The van der Waals surface area contributed by atoms with Crippen LogP contribution in [0, 0.1) is 6.92 Å². The predicted molar refractivity (Wildman–Crippen MR) is 50.6 cm³/mol. The maximum atomic E-state index is 11.3. The maximum Gasteiger partial charge on any atom is 0.212 e. The van der Waals surface area contributed by atoms with Gasteiger partial charge in [0.1, 0.15) is 6.26 Å². The Morgan fingerprint density at radius 1 is 1.64 bits per heavy atom. The highest BCUT2D eigenvalue weighted by Crippen LogP contribution is 2.17. The van der Waals surface area contributed by atoms with E-state index in [1.807, 2.05) is 6.92 Å². The van der Waals surface area contributed by atoms with Crippen molar-refractivity contribution in [1.29, 1.82) is 0 Å². The first-order valence-electron chi connectivity index (χ1n) is 4.43. The van der Waals surface area contributed by atoms with Crippen molar-refractivity contribution in [2.24, 2.45) is 0 Å². The van der Waals surface area contributed by atoms with Gasteiger partial charge >= 0.3 is 0 Å². The monoisotopic (exact) mass is 216 g/mol. The van der Waals surface area contributed by atoms with Gasteiger partial charge in [0.25, 0.3) is 0 Å². The predicted octanol–water partition coefficient (Wildman–Crippen LogP) is 0.0421. The summed E-state index contributed by atoms with van der Waals surface area (Å²) in [7, 11) is -2.93. The minimum Gasteiger partial charge on any atom is -0.447 e. The number of oxazole rings is 1. The van der Waals surface area contributed by atoms with Crippen molar-refractivity contribution >= 4 is 9.84 Å². The van der Waals surface area contributed by atoms with E-state index in [0.717, 1.165) is 5.69 Å². The molecule has 1 aromatic heterocycles. The fraction of sp³-hybridized carbons (Fsp3) is 0.625. The topological polar surface area (TPSA) is 72.2 Å². The molecular formula is C8H12N2O3S. The molecule has 1 unspecified atom stereocenters. The van der Waals surface area contributed by atoms with Crippen molar-refractivity contribution in [2.75, 3.05) is 18.1 Å². The Hall–Kier alpha value is -0.880. The van der Waals surface area contributed by atoms with Crippen molar-refractivity contribution in [3.05, 3.63) is 17.8 Å². The number of nitrogens with zero attached hydrogens (tertiary/aromatic N) is 1. The molecule has 0 bridgehead atoms. The molecule has 1 aromatic rings. The van der Waals surface area contributed by atoms with Gasteiger partial charge in [0.05, 0.1) is 23.2 Å². The van der Waals surface area contributed by atoms with Crippen LogP contribution >= 0.6 is 0 Å². The molecule has 1 N–H and O–H groups in total. The van der Waals surface area contributed by atoms with Gasteiger partial charge in [-0.25, -0.2) is 13.4 Å². The lowest BCUT2D eigenvalue weighted by Crippen LogP contribution is -2.39. The van der Waals surface area contributed by atoms with Crippen LogP contribution < -0.4 is 5.32 Å². The zero-order chi connectivity index (χ0) is 10.2. The summed E-state index contributed by atoms with van der Waals surface area (Å²) in [6.07, 6.45) is 1.53. The number of aryl methyl sites for hydroxylation is 1. The summed E-state index contributed by atoms with van der Waals surface area (Å²) < 4.78 is 27.8. The number of hydrogen-bond donors (Lipinski definition) is 1. The molecule has 6 heteroatoms. The number of nitrogens with one attached hydrogen (secondary N) is 1. The summed E-state index contributed by atoms with van der Waals surface area (Å²) in [5.41, 5.74) is 0.768. The third kappa shape index (κ3) is 1.96. The first-order valence-corrected chi connectivity index (χ1v) is 6.25. The average Bonchev–Trinajstić information content (AvgIpc) is 2.50. The third-order valence-electron chi connectivity index (χ3n) is 2.16. The van der Waals surface area contributed by atoms with Crippen LogP contribution in [0.5, 0.6) is 0 Å². The van der Waals surface area contributed by atoms with Crippen molar-refractivity contribution in [3.8, 4) is 0 Å². The highest BCUT2D eigenvalue weighted by Gasteiger charge is 2.28. The minimum atomic E-state index is -2.93. The molecule has 0 spiro atoms. The molecular weight excluding hydrogens is 204 g/mol. The van der Waals surface area contributed by atoms with E-state index in [1.165, 1.54) is 6.26 Å². The average molecular weight is 216 g/mol. The second-order valence-corrected chi connectivity index (χ2v) is 5.68. The van der Waals surface area contributed by atoms with Gasteiger partial charge < -0.3 is 9.73 Å². The van der Waals surface area contributed by atoms with E-state index in [1.54, 1.807) is 0 Å². The summed E-state index contributed by atoms with van der Waals surface area (Å²) >= 11 is 0. The molecule has 5 nitrogen and oxygen atoms in total. The molecule has 1 fully saturated rings. The Labute approximate surface area is 82.4 Å². The molecule has 0 amide bonds. The number of rotatable bonds is 1. The quantitative estimate of drug-likeness (QED) is 0.717. The van der Waals surface area contributed by atoms with Crippen molar-refractivity contribution in [3.63, 3.8) is 0 Å². The standard InChI is InChI=1S/C8H12N2O3S/c1-6-4-13-8(10-6)7-5-14(11,12)3-2-9-7/h4,7,9H,2-3,5H2,1H3. The van der Waals surface area contributed by atoms with Crippen LogP contribution in [-0.4, -0.2) is 31.5 Å². The summed E-state index contributed by atoms with van der Waals surface area (Å²) in [5, 5.41) is 3.07. The second-order valence-electron chi connectivity index (χ2n) is 3.45. The smallest absolute Gasteiger partial charge is 0.212 e. The van der Waals surface area contributed by atoms with Gasteiger partial charge in [0.2, 0.25) is 5.89 Å². The summed E-state index contributed by atoms with van der Waals surface area (Å²) in [6, 6.07) is -0.289. The van der Waals surface area contributed by atoms with Gasteiger partial charge in [0, 0.05) is 6.54 Å². The number of hydrogen-bond acceptors (Lipinski definition) is 5. The van der Waals surface area contributed by atoms with E-state index < -0.39 is 9.84 Å². The molecule has 0 aromatic carbocycles. The molecule has 14 heavy (non-hydrogen) atoms. The van der Waals surface area contributed by atoms with Crippen molar-refractivity contribution in [2.45, 2.75) is 13.0 Å². The molecule has 1 saturated heterocycles. The molecule has 2 heterocycles.